The molecule has 0 saturated carbocycles. The molecule has 1 saturated heterocycles. The number of carbonyl (C=O) groups excluding carboxylic acids is 1. The largest absolute Gasteiger partial charge is 0.450 e. The van der Waals surface area contributed by atoms with Crippen molar-refractivity contribution >= 4 is 23.4 Å². The maximum absolute atomic E-state index is 11.6. The lowest BCUT2D eigenvalue weighted by Gasteiger charge is -2.34. The van der Waals surface area contributed by atoms with Crippen LogP contribution in [0.3, 0.4) is 0 Å². The third-order valence-corrected chi connectivity index (χ3v) is 3.12. The highest BCUT2D eigenvalue weighted by molar-refractivity contribution is 5.70. The van der Waals surface area contributed by atoms with Gasteiger partial charge in [0.15, 0.2) is 0 Å². The SMILES string of the molecule is CCOC(=O)N1CCN(c2ncnc(N)c2[N+](=O)[O-])CC1. The maximum atomic E-state index is 11.6. The summed E-state index contributed by atoms with van der Waals surface area (Å²) in [6, 6.07) is 0. The van der Waals surface area contributed by atoms with Gasteiger partial charge in [-0.15, -0.1) is 0 Å². The predicted molar refractivity (Wildman–Crippen MR) is 73.9 cm³/mol. The van der Waals surface area contributed by atoms with Crippen LogP contribution in [0, 0.1) is 10.1 Å². The lowest BCUT2D eigenvalue weighted by atomic mass is 10.3. The Morgan fingerprint density at radius 3 is 2.67 bits per heavy atom. The van der Waals surface area contributed by atoms with E-state index in [1.165, 1.54) is 6.33 Å². The minimum atomic E-state index is -0.595. The van der Waals surface area contributed by atoms with Gasteiger partial charge >= 0.3 is 11.8 Å². The van der Waals surface area contributed by atoms with Gasteiger partial charge in [-0.25, -0.2) is 14.8 Å². The highest BCUT2D eigenvalue weighted by Gasteiger charge is 2.29. The van der Waals surface area contributed by atoms with Gasteiger partial charge in [0.05, 0.1) is 11.5 Å². The smallest absolute Gasteiger partial charge is 0.409 e. The maximum Gasteiger partial charge on any atom is 0.409 e. The number of nitrogens with two attached hydrogens (primary N) is 1. The Bertz CT molecular complexity index is 544. The zero-order valence-corrected chi connectivity index (χ0v) is 11.6. The van der Waals surface area contributed by atoms with Gasteiger partial charge < -0.3 is 20.3 Å². The highest BCUT2D eigenvalue weighted by atomic mass is 16.6. The van der Waals surface area contributed by atoms with Gasteiger partial charge in [-0.1, -0.05) is 0 Å². The van der Waals surface area contributed by atoms with Crippen LogP contribution in [0.1, 0.15) is 6.92 Å². The molecule has 10 nitrogen and oxygen atoms in total. The lowest BCUT2D eigenvalue weighted by Crippen LogP contribution is -2.49. The molecule has 0 bridgehead atoms. The molecule has 0 aliphatic carbocycles. The van der Waals surface area contributed by atoms with E-state index >= 15 is 0 Å². The second-order valence-electron chi connectivity index (χ2n) is 4.36. The van der Waals surface area contributed by atoms with E-state index in [9.17, 15) is 14.9 Å². The minimum absolute atomic E-state index is 0.169. The summed E-state index contributed by atoms with van der Waals surface area (Å²) in [4.78, 5) is 32.9. The first-order valence-corrected chi connectivity index (χ1v) is 6.46. The lowest BCUT2D eigenvalue weighted by molar-refractivity contribution is -0.383. The molecule has 21 heavy (non-hydrogen) atoms. The average molecular weight is 296 g/mol. The number of nitrogen functional groups attached to an aromatic ring is 1. The van der Waals surface area contributed by atoms with Crippen molar-refractivity contribution in [2.24, 2.45) is 0 Å². The van der Waals surface area contributed by atoms with Crippen LogP contribution in [0.15, 0.2) is 6.33 Å². The van der Waals surface area contributed by atoms with Crippen molar-refractivity contribution in [1.82, 2.24) is 14.9 Å². The molecule has 10 heteroatoms. The second-order valence-corrected chi connectivity index (χ2v) is 4.36. The number of aromatic nitrogens is 2. The van der Waals surface area contributed by atoms with E-state index in [0.29, 0.717) is 32.8 Å². The molecule has 2 rings (SSSR count). The number of hydrogen-bond acceptors (Lipinski definition) is 8. The van der Waals surface area contributed by atoms with Crippen molar-refractivity contribution in [2.75, 3.05) is 43.4 Å². The molecule has 1 aliphatic heterocycles. The Kier molecular flexibility index (Phi) is 4.36. The van der Waals surface area contributed by atoms with Crippen LogP contribution in [0.5, 0.6) is 0 Å². The first-order valence-electron chi connectivity index (χ1n) is 6.46. The van der Waals surface area contributed by atoms with E-state index in [1.54, 1.807) is 16.7 Å². The standard InChI is InChI=1S/C11H16N6O4/c1-2-21-11(18)16-5-3-15(4-6-16)10-8(17(19)20)9(12)13-7-14-10/h7H,2-6H2,1H3,(H2,12,13,14). The Balaban J connectivity index is 2.11. The van der Waals surface area contributed by atoms with Crippen LogP contribution in [-0.4, -0.2) is 58.7 Å². The van der Waals surface area contributed by atoms with Gasteiger partial charge in [-0.3, -0.25) is 10.1 Å². The fraction of sp³-hybridized carbons (Fsp3) is 0.545. The van der Waals surface area contributed by atoms with E-state index in [-0.39, 0.29) is 23.4 Å². The molecule has 0 radical (unpaired) electrons. The van der Waals surface area contributed by atoms with Gasteiger partial charge in [0, 0.05) is 26.2 Å². The topological polar surface area (TPSA) is 128 Å². The zero-order chi connectivity index (χ0) is 15.4. The number of amides is 1. The number of nitrogens with zero attached hydrogens (tertiary/aromatic N) is 5. The highest BCUT2D eigenvalue weighted by Crippen LogP contribution is 2.30. The molecule has 1 amide bonds. The third kappa shape index (κ3) is 3.09. The van der Waals surface area contributed by atoms with Crippen LogP contribution in [0.25, 0.3) is 0 Å². The molecule has 0 atom stereocenters. The Morgan fingerprint density at radius 1 is 1.43 bits per heavy atom. The summed E-state index contributed by atoms with van der Waals surface area (Å²) in [5.74, 6) is 0.00818. The second kappa shape index (κ2) is 6.20. The average Bonchev–Trinajstić information content (AvgIpc) is 2.47. The van der Waals surface area contributed by atoms with Crippen molar-refractivity contribution in [3.05, 3.63) is 16.4 Å². The zero-order valence-electron chi connectivity index (χ0n) is 11.6. The summed E-state index contributed by atoms with van der Waals surface area (Å²) in [6.07, 6.45) is 0.809. The Morgan fingerprint density at radius 2 is 2.10 bits per heavy atom. The van der Waals surface area contributed by atoms with Gasteiger partial charge in [0.1, 0.15) is 6.33 Å². The number of nitro groups is 1. The minimum Gasteiger partial charge on any atom is -0.450 e. The molecule has 1 aromatic rings. The fourth-order valence-corrected chi connectivity index (χ4v) is 2.10. The van der Waals surface area contributed by atoms with Crippen molar-refractivity contribution in [3.8, 4) is 0 Å². The fourth-order valence-electron chi connectivity index (χ4n) is 2.10. The Hall–Kier alpha value is -2.65. The molecular weight excluding hydrogens is 280 g/mol. The van der Waals surface area contributed by atoms with Crippen molar-refractivity contribution in [3.63, 3.8) is 0 Å². The van der Waals surface area contributed by atoms with Crippen LogP contribution in [-0.2, 0) is 4.74 Å². The summed E-state index contributed by atoms with van der Waals surface area (Å²) >= 11 is 0. The molecule has 1 aliphatic rings. The molecule has 2 N–H and O–H groups in total. The molecule has 1 aromatic heterocycles. The van der Waals surface area contributed by atoms with Crippen LogP contribution < -0.4 is 10.6 Å². The molecule has 0 spiro atoms. The number of carbonyl (C=O) groups is 1. The molecule has 0 unspecified atom stereocenters. The van der Waals surface area contributed by atoms with Crippen LogP contribution >= 0.6 is 0 Å². The van der Waals surface area contributed by atoms with Crippen molar-refractivity contribution in [1.29, 1.82) is 0 Å². The van der Waals surface area contributed by atoms with E-state index in [4.69, 9.17) is 10.5 Å². The number of ether oxygens (including phenoxy) is 1. The van der Waals surface area contributed by atoms with E-state index < -0.39 is 4.92 Å². The first kappa shape index (κ1) is 14.8. The summed E-state index contributed by atoms with van der Waals surface area (Å²) < 4.78 is 4.92. The molecule has 0 aromatic carbocycles. The summed E-state index contributed by atoms with van der Waals surface area (Å²) in [5, 5.41) is 11.1. The quantitative estimate of drug-likeness (QED) is 0.620. The van der Waals surface area contributed by atoms with E-state index in [0.717, 1.165) is 0 Å². The molecule has 1 fully saturated rings. The van der Waals surface area contributed by atoms with Crippen LogP contribution in [0.2, 0.25) is 0 Å². The number of rotatable bonds is 3. The van der Waals surface area contributed by atoms with Crippen molar-refractivity contribution < 1.29 is 14.5 Å². The number of anilines is 2. The third-order valence-electron chi connectivity index (χ3n) is 3.12. The van der Waals surface area contributed by atoms with Gasteiger partial charge in [-0.2, -0.15) is 0 Å². The van der Waals surface area contributed by atoms with E-state index in [1.807, 2.05) is 0 Å². The monoisotopic (exact) mass is 296 g/mol. The number of hydrogen-bond donors (Lipinski definition) is 1. The summed E-state index contributed by atoms with van der Waals surface area (Å²) in [6.45, 7) is 3.68. The summed E-state index contributed by atoms with van der Waals surface area (Å²) in [7, 11) is 0. The van der Waals surface area contributed by atoms with Gasteiger partial charge in [-0.05, 0) is 6.92 Å². The van der Waals surface area contributed by atoms with E-state index in [2.05, 4.69) is 9.97 Å². The molecular formula is C11H16N6O4. The van der Waals surface area contributed by atoms with Gasteiger partial charge in [0.2, 0.25) is 11.6 Å². The van der Waals surface area contributed by atoms with Crippen molar-refractivity contribution in [2.45, 2.75) is 6.92 Å². The molecule has 114 valence electrons. The van der Waals surface area contributed by atoms with Crippen LogP contribution in [0.4, 0.5) is 22.1 Å². The number of piperazine rings is 1. The first-order chi connectivity index (χ1) is 10.0. The normalized spacial score (nSPS) is 14.9. The summed E-state index contributed by atoms with van der Waals surface area (Å²) in [5.41, 5.74) is 5.24. The Labute approximate surface area is 120 Å². The molecule has 2 heterocycles. The predicted octanol–water partition coefficient (Wildman–Crippen LogP) is 0.245. The van der Waals surface area contributed by atoms with Gasteiger partial charge in [0.25, 0.3) is 0 Å².